The van der Waals surface area contributed by atoms with Gasteiger partial charge in [0.05, 0.1) is 22.8 Å². The topological polar surface area (TPSA) is 111 Å². The largest absolute Gasteiger partial charge is 0.506 e. The Bertz CT molecular complexity index is 2010. The lowest BCUT2D eigenvalue weighted by Crippen LogP contribution is -2.32. The van der Waals surface area contributed by atoms with Gasteiger partial charge in [-0.25, -0.2) is 4.98 Å². The van der Waals surface area contributed by atoms with Crippen molar-refractivity contribution in [1.82, 2.24) is 15.0 Å². The van der Waals surface area contributed by atoms with Gasteiger partial charge in [-0.2, -0.15) is 0 Å². The number of nitrogens with zero attached hydrogens (tertiary/aromatic N) is 3. The highest BCUT2D eigenvalue weighted by Gasteiger charge is 2.28. The summed E-state index contributed by atoms with van der Waals surface area (Å²) in [5, 5.41) is 13.7. The van der Waals surface area contributed by atoms with Gasteiger partial charge in [0.2, 0.25) is 0 Å². The molecule has 3 heterocycles. The van der Waals surface area contributed by atoms with Crippen molar-refractivity contribution in [2.24, 2.45) is 0 Å². The molecule has 7 rings (SSSR count). The monoisotopic (exact) mass is 613 g/mol. The Labute approximate surface area is 265 Å². The fraction of sp³-hybridized carbons (Fsp3) is 0.0556. The number of nitrogens with one attached hydrogen (secondary N) is 2. The maximum absolute atomic E-state index is 13.9. The van der Waals surface area contributed by atoms with E-state index >= 15 is 0 Å². The van der Waals surface area contributed by atoms with Crippen LogP contribution in [0.3, 0.4) is 0 Å². The molecule has 0 bridgehead atoms. The van der Waals surface area contributed by atoms with Gasteiger partial charge in [-0.1, -0.05) is 72.8 Å². The van der Waals surface area contributed by atoms with Crippen LogP contribution in [0.4, 0.5) is 11.4 Å². The van der Waals surface area contributed by atoms with Crippen LogP contribution in [0.15, 0.2) is 121 Å². The number of pyridine rings is 1. The third kappa shape index (κ3) is 5.67. The molecule has 4 aromatic carbocycles. The van der Waals surface area contributed by atoms with Gasteiger partial charge in [0.15, 0.2) is 5.82 Å². The minimum atomic E-state index is -0.362. The van der Waals surface area contributed by atoms with Gasteiger partial charge in [0, 0.05) is 35.9 Å². The standard InChI is InChI=1S/C36H27N5O3.ClH/c42-32-22-24(17-18-28(32)39-35(43)26-13-5-4-12-25(26)23-10-2-1-3-11-23)36(44)41-21-19-29-33(27-14-6-7-16-31(27)41)40-34(38-29)30-15-8-9-20-37-30;/h1-18,20,22,42H,19,21H2,(H,38,40)(H,39,43);1H. The molecule has 2 aromatic heterocycles. The third-order valence-corrected chi connectivity index (χ3v) is 7.72. The fourth-order valence-electron chi connectivity index (χ4n) is 5.57. The first-order valence-corrected chi connectivity index (χ1v) is 14.3. The molecule has 1 aliphatic rings. The zero-order chi connectivity index (χ0) is 30.0. The normalized spacial score (nSPS) is 11.9. The fourth-order valence-corrected chi connectivity index (χ4v) is 5.57. The van der Waals surface area contributed by atoms with Crippen LogP contribution in [-0.2, 0) is 6.42 Å². The Morgan fingerprint density at radius 2 is 1.56 bits per heavy atom. The SMILES string of the molecule is Cl.O=C(Nc1ccc(C(=O)N2CCc3nc(-c4ccccn4)[nH]c3-c3ccccc32)cc1O)c1ccccc1-c1ccccc1. The first kappa shape index (κ1) is 29.3. The molecule has 0 radical (unpaired) electrons. The van der Waals surface area contributed by atoms with Gasteiger partial charge in [-0.3, -0.25) is 14.6 Å². The number of aromatic amines is 1. The number of hydrogen-bond acceptors (Lipinski definition) is 5. The van der Waals surface area contributed by atoms with Gasteiger partial charge < -0.3 is 20.3 Å². The Kier molecular flexibility index (Phi) is 8.14. The number of aromatic nitrogens is 3. The molecular formula is C36H28ClN5O3. The van der Waals surface area contributed by atoms with Gasteiger partial charge >= 0.3 is 0 Å². The van der Waals surface area contributed by atoms with Gasteiger partial charge in [-0.05, 0) is 53.6 Å². The molecule has 9 heteroatoms. The van der Waals surface area contributed by atoms with Crippen LogP contribution in [0.1, 0.15) is 26.4 Å². The van der Waals surface area contributed by atoms with Crippen molar-refractivity contribution >= 4 is 35.6 Å². The van der Waals surface area contributed by atoms with Crippen molar-refractivity contribution in [3.8, 4) is 39.7 Å². The summed E-state index contributed by atoms with van der Waals surface area (Å²) >= 11 is 0. The number of rotatable bonds is 5. The van der Waals surface area contributed by atoms with Crippen LogP contribution in [-0.4, -0.2) is 38.4 Å². The number of aromatic hydroxyl groups is 1. The summed E-state index contributed by atoms with van der Waals surface area (Å²) in [4.78, 5) is 41.5. The van der Waals surface area contributed by atoms with Crippen LogP contribution in [0.25, 0.3) is 33.9 Å². The molecule has 8 nitrogen and oxygen atoms in total. The molecule has 0 aliphatic carbocycles. The number of anilines is 2. The Morgan fingerprint density at radius 3 is 2.33 bits per heavy atom. The number of para-hydroxylation sites is 1. The Balaban J connectivity index is 0.00000357. The summed E-state index contributed by atoms with van der Waals surface area (Å²) in [7, 11) is 0. The maximum atomic E-state index is 13.9. The molecule has 0 saturated carbocycles. The van der Waals surface area contributed by atoms with E-state index in [0.29, 0.717) is 29.9 Å². The van der Waals surface area contributed by atoms with Crippen molar-refractivity contribution in [3.63, 3.8) is 0 Å². The van der Waals surface area contributed by atoms with Crippen molar-refractivity contribution in [3.05, 3.63) is 138 Å². The minimum Gasteiger partial charge on any atom is -0.506 e. The first-order valence-electron chi connectivity index (χ1n) is 14.3. The van der Waals surface area contributed by atoms with Crippen LogP contribution >= 0.6 is 12.4 Å². The smallest absolute Gasteiger partial charge is 0.258 e. The lowest BCUT2D eigenvalue weighted by Gasteiger charge is -2.23. The molecule has 222 valence electrons. The summed E-state index contributed by atoms with van der Waals surface area (Å²) in [5.74, 6) is -0.148. The minimum absolute atomic E-state index is 0. The van der Waals surface area contributed by atoms with Crippen LogP contribution < -0.4 is 10.2 Å². The lowest BCUT2D eigenvalue weighted by molar-refractivity contribution is 0.0986. The zero-order valence-electron chi connectivity index (χ0n) is 24.0. The maximum Gasteiger partial charge on any atom is 0.258 e. The van der Waals surface area contributed by atoms with Crippen LogP contribution in [0, 0.1) is 0 Å². The highest BCUT2D eigenvalue weighted by Crippen LogP contribution is 2.37. The number of halogens is 1. The van der Waals surface area contributed by atoms with E-state index in [9.17, 15) is 14.7 Å². The molecule has 6 aromatic rings. The second-order valence-electron chi connectivity index (χ2n) is 10.4. The molecule has 3 N–H and O–H groups in total. The molecule has 0 spiro atoms. The van der Waals surface area contributed by atoms with E-state index in [-0.39, 0.29) is 35.7 Å². The van der Waals surface area contributed by atoms with E-state index in [2.05, 4.69) is 15.3 Å². The number of imidazole rings is 1. The third-order valence-electron chi connectivity index (χ3n) is 7.72. The number of phenols is 1. The predicted octanol–water partition coefficient (Wildman–Crippen LogP) is 7.39. The predicted molar refractivity (Wildman–Crippen MR) is 178 cm³/mol. The van der Waals surface area contributed by atoms with E-state index in [1.54, 1.807) is 35.4 Å². The lowest BCUT2D eigenvalue weighted by atomic mass is 9.99. The number of phenolic OH excluding ortho intramolecular Hbond substituents is 1. The Morgan fingerprint density at radius 1 is 0.822 bits per heavy atom. The Hall–Kier alpha value is -5.73. The molecular weight excluding hydrogens is 586 g/mol. The summed E-state index contributed by atoms with van der Waals surface area (Å²) in [6, 6.07) is 34.9. The molecule has 45 heavy (non-hydrogen) atoms. The van der Waals surface area contributed by atoms with Gasteiger partial charge in [0.1, 0.15) is 11.4 Å². The van der Waals surface area contributed by atoms with Crippen molar-refractivity contribution in [2.45, 2.75) is 6.42 Å². The number of H-pyrrole nitrogens is 1. The number of amides is 2. The van der Waals surface area contributed by atoms with E-state index in [1.807, 2.05) is 84.9 Å². The van der Waals surface area contributed by atoms with Crippen molar-refractivity contribution in [2.75, 3.05) is 16.8 Å². The number of benzene rings is 4. The highest BCUT2D eigenvalue weighted by molar-refractivity contribution is 6.11. The van der Waals surface area contributed by atoms with E-state index in [0.717, 1.165) is 39.5 Å². The van der Waals surface area contributed by atoms with E-state index in [4.69, 9.17) is 4.98 Å². The second-order valence-corrected chi connectivity index (χ2v) is 10.4. The van der Waals surface area contributed by atoms with Crippen LogP contribution in [0.2, 0.25) is 0 Å². The molecule has 2 amide bonds. The van der Waals surface area contributed by atoms with Crippen molar-refractivity contribution < 1.29 is 14.7 Å². The quantitative estimate of drug-likeness (QED) is 0.176. The molecule has 1 aliphatic heterocycles. The van der Waals surface area contributed by atoms with Crippen molar-refractivity contribution in [1.29, 1.82) is 0 Å². The molecule has 0 saturated heterocycles. The molecule has 0 fully saturated rings. The number of carbonyl (C=O) groups is 2. The number of carbonyl (C=O) groups excluding carboxylic acids is 2. The molecule has 0 unspecified atom stereocenters. The number of hydrogen-bond donors (Lipinski definition) is 3. The average Bonchev–Trinajstić information content (AvgIpc) is 3.44. The first-order chi connectivity index (χ1) is 21.6. The average molecular weight is 614 g/mol. The van der Waals surface area contributed by atoms with E-state index in [1.165, 1.54) is 6.07 Å². The van der Waals surface area contributed by atoms with Gasteiger partial charge in [-0.15, -0.1) is 12.4 Å². The highest BCUT2D eigenvalue weighted by atomic mass is 35.5. The number of fused-ring (bicyclic) bond motifs is 3. The van der Waals surface area contributed by atoms with Crippen LogP contribution in [0.5, 0.6) is 5.75 Å². The van der Waals surface area contributed by atoms with Gasteiger partial charge in [0.25, 0.3) is 11.8 Å². The zero-order valence-corrected chi connectivity index (χ0v) is 24.8. The summed E-state index contributed by atoms with van der Waals surface area (Å²) in [6.45, 7) is 0.394. The summed E-state index contributed by atoms with van der Waals surface area (Å²) < 4.78 is 0. The molecule has 0 atom stereocenters. The van der Waals surface area contributed by atoms with E-state index < -0.39 is 0 Å². The second kappa shape index (κ2) is 12.5. The summed E-state index contributed by atoms with van der Waals surface area (Å²) in [6.07, 6.45) is 2.26. The summed E-state index contributed by atoms with van der Waals surface area (Å²) in [5.41, 5.74) is 6.73.